The first-order chi connectivity index (χ1) is 10.7. The lowest BCUT2D eigenvalue weighted by molar-refractivity contribution is 1.49. The molecule has 0 spiro atoms. The number of para-hydroxylation sites is 1. The van der Waals surface area contributed by atoms with E-state index in [2.05, 4.69) is 12.1 Å². The van der Waals surface area contributed by atoms with Crippen molar-refractivity contribution in [2.75, 3.05) is 11.5 Å². The van der Waals surface area contributed by atoms with Gasteiger partial charge in [-0.2, -0.15) is 5.26 Å². The third kappa shape index (κ3) is 4.12. The molecule has 0 bridgehead atoms. The molecular formula is C19H17N3. The van der Waals surface area contributed by atoms with Crippen LogP contribution in [-0.4, -0.2) is 0 Å². The van der Waals surface area contributed by atoms with Crippen LogP contribution in [0.1, 0.15) is 5.56 Å². The number of hydrogen-bond donors (Lipinski definition) is 2. The fourth-order valence-corrected chi connectivity index (χ4v) is 1.94. The molecule has 3 rings (SSSR count). The van der Waals surface area contributed by atoms with Crippen molar-refractivity contribution in [3.05, 3.63) is 84.4 Å². The van der Waals surface area contributed by atoms with E-state index in [1.54, 1.807) is 24.3 Å². The van der Waals surface area contributed by atoms with Gasteiger partial charge in [0, 0.05) is 16.9 Å². The summed E-state index contributed by atoms with van der Waals surface area (Å²) in [4.78, 5) is 0. The fraction of sp³-hybridized carbons (Fsp3) is 0. The summed E-state index contributed by atoms with van der Waals surface area (Å²) in [6, 6.07) is 26.8. The van der Waals surface area contributed by atoms with Crippen molar-refractivity contribution in [1.82, 2.24) is 0 Å². The molecule has 3 aromatic rings. The standard InChI is InChI=1S/C12H11N.C7H6N2/c13-12-9-5-4-8-11(12)10-6-2-1-3-7-10;8-5-6-1-3-7(9)4-2-6/h1-9H,13H2;1-4H,9H2. The summed E-state index contributed by atoms with van der Waals surface area (Å²) < 4.78 is 0. The number of rotatable bonds is 1. The van der Waals surface area contributed by atoms with Crippen molar-refractivity contribution < 1.29 is 0 Å². The minimum absolute atomic E-state index is 0.643. The van der Waals surface area contributed by atoms with Gasteiger partial charge in [0.1, 0.15) is 0 Å². The van der Waals surface area contributed by atoms with Gasteiger partial charge in [-0.05, 0) is 35.9 Å². The second-order valence-electron chi connectivity index (χ2n) is 4.69. The molecule has 0 aliphatic rings. The molecule has 0 radical (unpaired) electrons. The van der Waals surface area contributed by atoms with E-state index < -0.39 is 0 Å². The highest BCUT2D eigenvalue weighted by molar-refractivity contribution is 5.75. The molecule has 0 amide bonds. The van der Waals surface area contributed by atoms with E-state index in [4.69, 9.17) is 16.7 Å². The molecule has 3 nitrogen and oxygen atoms in total. The lowest BCUT2D eigenvalue weighted by atomic mass is 10.0. The summed E-state index contributed by atoms with van der Waals surface area (Å²) >= 11 is 0. The zero-order chi connectivity index (χ0) is 15.8. The first-order valence-electron chi connectivity index (χ1n) is 6.86. The number of benzene rings is 3. The van der Waals surface area contributed by atoms with Crippen molar-refractivity contribution in [2.45, 2.75) is 0 Å². The van der Waals surface area contributed by atoms with E-state index in [9.17, 15) is 0 Å². The number of nitrogens with zero attached hydrogens (tertiary/aromatic N) is 1. The summed E-state index contributed by atoms with van der Waals surface area (Å²) in [7, 11) is 0. The average Bonchev–Trinajstić information content (AvgIpc) is 2.57. The van der Waals surface area contributed by atoms with Crippen LogP contribution in [0, 0.1) is 11.3 Å². The van der Waals surface area contributed by atoms with E-state index in [1.165, 1.54) is 5.56 Å². The van der Waals surface area contributed by atoms with Crippen LogP contribution in [0.2, 0.25) is 0 Å². The molecule has 4 N–H and O–H groups in total. The van der Waals surface area contributed by atoms with Crippen molar-refractivity contribution in [1.29, 1.82) is 5.26 Å². The molecule has 108 valence electrons. The van der Waals surface area contributed by atoms with Gasteiger partial charge in [-0.15, -0.1) is 0 Å². The summed E-state index contributed by atoms with van der Waals surface area (Å²) in [6.45, 7) is 0. The Hall–Kier alpha value is -3.25. The average molecular weight is 287 g/mol. The first-order valence-corrected chi connectivity index (χ1v) is 6.86. The molecule has 0 saturated carbocycles. The molecule has 0 aliphatic carbocycles. The number of nitrogen functional groups attached to an aromatic ring is 2. The Bertz CT molecular complexity index is 757. The van der Waals surface area contributed by atoms with Gasteiger partial charge < -0.3 is 11.5 Å². The third-order valence-electron chi connectivity index (χ3n) is 3.09. The highest BCUT2D eigenvalue weighted by Gasteiger charge is 1.98. The largest absolute Gasteiger partial charge is 0.399 e. The lowest BCUT2D eigenvalue weighted by Gasteiger charge is -2.03. The van der Waals surface area contributed by atoms with E-state index in [0.29, 0.717) is 11.3 Å². The molecule has 0 unspecified atom stereocenters. The lowest BCUT2D eigenvalue weighted by Crippen LogP contribution is -1.88. The van der Waals surface area contributed by atoms with Crippen LogP contribution < -0.4 is 11.5 Å². The molecule has 0 aromatic heterocycles. The number of nitrogens with two attached hydrogens (primary N) is 2. The predicted octanol–water partition coefficient (Wildman–Crippen LogP) is 4.08. The molecule has 0 heterocycles. The second kappa shape index (κ2) is 7.51. The number of anilines is 2. The SMILES string of the molecule is N#Cc1ccc(N)cc1.Nc1ccccc1-c1ccccc1. The maximum Gasteiger partial charge on any atom is 0.0991 e. The molecule has 3 aromatic carbocycles. The van der Waals surface area contributed by atoms with Gasteiger partial charge >= 0.3 is 0 Å². The van der Waals surface area contributed by atoms with Crippen molar-refractivity contribution in [3.8, 4) is 17.2 Å². The molecule has 22 heavy (non-hydrogen) atoms. The van der Waals surface area contributed by atoms with E-state index in [-0.39, 0.29) is 0 Å². The first kappa shape index (κ1) is 15.1. The smallest absolute Gasteiger partial charge is 0.0991 e. The maximum atomic E-state index is 8.34. The number of hydrogen-bond acceptors (Lipinski definition) is 3. The van der Waals surface area contributed by atoms with Crippen molar-refractivity contribution >= 4 is 11.4 Å². The Morgan fingerprint density at radius 1 is 0.682 bits per heavy atom. The molecule has 0 aliphatic heterocycles. The molecular weight excluding hydrogens is 270 g/mol. The van der Waals surface area contributed by atoms with Crippen LogP contribution in [0.4, 0.5) is 11.4 Å². The molecule has 0 atom stereocenters. The molecule has 0 fully saturated rings. The second-order valence-corrected chi connectivity index (χ2v) is 4.69. The highest BCUT2D eigenvalue weighted by atomic mass is 14.6. The summed E-state index contributed by atoms with van der Waals surface area (Å²) in [5.41, 5.74) is 15.7. The highest BCUT2D eigenvalue weighted by Crippen LogP contribution is 2.24. The topological polar surface area (TPSA) is 75.8 Å². The predicted molar refractivity (Wildman–Crippen MR) is 91.9 cm³/mol. The van der Waals surface area contributed by atoms with Gasteiger partial charge in [0.25, 0.3) is 0 Å². The van der Waals surface area contributed by atoms with Crippen LogP contribution in [0.15, 0.2) is 78.9 Å². The van der Waals surface area contributed by atoms with Crippen LogP contribution in [-0.2, 0) is 0 Å². The van der Waals surface area contributed by atoms with Crippen LogP contribution >= 0.6 is 0 Å². The number of nitriles is 1. The summed E-state index contributed by atoms with van der Waals surface area (Å²) in [6.07, 6.45) is 0. The van der Waals surface area contributed by atoms with Crippen LogP contribution in [0.3, 0.4) is 0 Å². The van der Waals surface area contributed by atoms with E-state index >= 15 is 0 Å². The Balaban J connectivity index is 0.000000172. The van der Waals surface area contributed by atoms with Gasteiger partial charge in [-0.25, -0.2) is 0 Å². The van der Waals surface area contributed by atoms with Crippen LogP contribution in [0.25, 0.3) is 11.1 Å². The fourth-order valence-electron chi connectivity index (χ4n) is 1.94. The van der Waals surface area contributed by atoms with Gasteiger partial charge in [-0.3, -0.25) is 0 Å². The molecule has 0 saturated heterocycles. The van der Waals surface area contributed by atoms with Crippen molar-refractivity contribution in [3.63, 3.8) is 0 Å². The monoisotopic (exact) mass is 287 g/mol. The maximum absolute atomic E-state index is 8.34. The van der Waals surface area contributed by atoms with Gasteiger partial charge in [-0.1, -0.05) is 48.5 Å². The normalized spacial score (nSPS) is 9.23. The van der Waals surface area contributed by atoms with Gasteiger partial charge in [0.15, 0.2) is 0 Å². The van der Waals surface area contributed by atoms with Crippen molar-refractivity contribution in [2.24, 2.45) is 0 Å². The van der Waals surface area contributed by atoms with E-state index in [1.807, 2.05) is 48.5 Å². The minimum Gasteiger partial charge on any atom is -0.399 e. The Morgan fingerprint density at radius 2 is 1.27 bits per heavy atom. The summed E-state index contributed by atoms with van der Waals surface area (Å²) in [5.74, 6) is 0. The van der Waals surface area contributed by atoms with Gasteiger partial charge in [0.2, 0.25) is 0 Å². The van der Waals surface area contributed by atoms with Crippen LogP contribution in [0.5, 0.6) is 0 Å². The Morgan fingerprint density at radius 3 is 1.86 bits per heavy atom. The quantitative estimate of drug-likeness (QED) is 0.662. The third-order valence-corrected chi connectivity index (χ3v) is 3.09. The minimum atomic E-state index is 0.643. The Kier molecular flexibility index (Phi) is 5.17. The van der Waals surface area contributed by atoms with Gasteiger partial charge in [0.05, 0.1) is 11.6 Å². The Labute approximate surface area is 130 Å². The molecule has 3 heteroatoms. The zero-order valence-electron chi connectivity index (χ0n) is 12.1. The summed E-state index contributed by atoms with van der Waals surface area (Å²) in [5, 5.41) is 8.34. The van der Waals surface area contributed by atoms with E-state index in [0.717, 1.165) is 11.3 Å². The zero-order valence-corrected chi connectivity index (χ0v) is 12.1.